The van der Waals surface area contributed by atoms with Crippen LogP contribution in [-0.2, 0) is 4.74 Å². The predicted octanol–water partition coefficient (Wildman–Crippen LogP) is 2.35. The first-order chi connectivity index (χ1) is 6.12. The molecule has 2 nitrogen and oxygen atoms in total. The van der Waals surface area contributed by atoms with Gasteiger partial charge < -0.3 is 4.74 Å². The minimum absolute atomic E-state index is 0.0171. The van der Waals surface area contributed by atoms with Gasteiger partial charge in [-0.25, -0.2) is 0 Å². The molecule has 1 aliphatic heterocycles. The summed E-state index contributed by atoms with van der Waals surface area (Å²) in [5, 5.41) is 9.25. The maximum atomic E-state index is 9.25. The molecule has 1 saturated heterocycles. The van der Waals surface area contributed by atoms with Crippen LogP contribution >= 0.6 is 0 Å². The molecule has 1 aliphatic carbocycles. The molecule has 2 rings (SSSR count). The zero-order valence-corrected chi connectivity index (χ0v) is 8.47. The van der Waals surface area contributed by atoms with Gasteiger partial charge in [0.15, 0.2) is 0 Å². The summed E-state index contributed by atoms with van der Waals surface area (Å²) in [4.78, 5) is 0. The Morgan fingerprint density at radius 2 is 1.85 bits per heavy atom. The number of nitriles is 1. The Morgan fingerprint density at radius 3 is 2.23 bits per heavy atom. The third kappa shape index (κ3) is 1.18. The highest BCUT2D eigenvalue weighted by molar-refractivity contribution is 5.23. The second-order valence-electron chi connectivity index (χ2n) is 5.03. The molecule has 0 radical (unpaired) electrons. The third-order valence-corrected chi connectivity index (χ3v) is 3.92. The van der Waals surface area contributed by atoms with Gasteiger partial charge in [-0.3, -0.25) is 0 Å². The Morgan fingerprint density at radius 1 is 1.31 bits per heavy atom. The number of nitrogens with zero attached hydrogens (tertiary/aromatic N) is 1. The summed E-state index contributed by atoms with van der Waals surface area (Å²) in [7, 11) is 0. The molecule has 0 N–H and O–H groups in total. The molecule has 72 valence electrons. The number of hydrogen-bond acceptors (Lipinski definition) is 2. The Kier molecular flexibility index (Phi) is 1.89. The smallest absolute Gasteiger partial charge is 0.0698 e. The quantitative estimate of drug-likeness (QED) is 0.619. The highest BCUT2D eigenvalue weighted by atomic mass is 16.5. The first-order valence-corrected chi connectivity index (χ1v) is 5.11. The summed E-state index contributed by atoms with van der Waals surface area (Å²) in [6, 6.07) is 2.56. The summed E-state index contributed by atoms with van der Waals surface area (Å²) in [6.07, 6.45) is 3.25. The van der Waals surface area contributed by atoms with Gasteiger partial charge in [0, 0.05) is 13.2 Å². The SMILES string of the molecule is CC1(C)CC1(C#N)C1CCOCC1. The second kappa shape index (κ2) is 2.72. The van der Waals surface area contributed by atoms with Crippen LogP contribution in [-0.4, -0.2) is 13.2 Å². The largest absolute Gasteiger partial charge is 0.381 e. The van der Waals surface area contributed by atoms with Gasteiger partial charge in [-0.15, -0.1) is 0 Å². The van der Waals surface area contributed by atoms with Crippen molar-refractivity contribution in [1.29, 1.82) is 5.26 Å². The zero-order valence-electron chi connectivity index (χ0n) is 8.47. The molecule has 1 heterocycles. The standard InChI is InChI=1S/C11H17NO/c1-10(2)7-11(10,8-12)9-3-5-13-6-4-9/h9H,3-7H2,1-2H3. The van der Waals surface area contributed by atoms with Crippen LogP contribution in [0.15, 0.2) is 0 Å². The van der Waals surface area contributed by atoms with Gasteiger partial charge in [0.05, 0.1) is 11.5 Å². The average molecular weight is 179 g/mol. The Bertz CT molecular complexity index is 247. The second-order valence-corrected chi connectivity index (χ2v) is 5.03. The number of hydrogen-bond donors (Lipinski definition) is 0. The van der Waals surface area contributed by atoms with Crippen molar-refractivity contribution in [3.63, 3.8) is 0 Å². The van der Waals surface area contributed by atoms with Crippen LogP contribution in [0.3, 0.4) is 0 Å². The van der Waals surface area contributed by atoms with Crippen molar-refractivity contribution in [3.05, 3.63) is 0 Å². The van der Waals surface area contributed by atoms with E-state index in [2.05, 4.69) is 19.9 Å². The van der Waals surface area contributed by atoms with Crippen molar-refractivity contribution in [1.82, 2.24) is 0 Å². The predicted molar refractivity (Wildman–Crippen MR) is 50.0 cm³/mol. The van der Waals surface area contributed by atoms with Crippen LogP contribution in [0.25, 0.3) is 0 Å². The molecular formula is C11H17NO. The Hall–Kier alpha value is -0.550. The monoisotopic (exact) mass is 179 g/mol. The highest BCUT2D eigenvalue weighted by Gasteiger charge is 2.65. The summed E-state index contributed by atoms with van der Waals surface area (Å²) < 4.78 is 5.33. The Labute approximate surface area is 79.9 Å². The number of ether oxygens (including phenoxy) is 1. The first kappa shape index (κ1) is 9.02. The molecule has 0 aromatic heterocycles. The molecule has 2 fully saturated rings. The average Bonchev–Trinajstić information content (AvgIpc) is 2.72. The third-order valence-electron chi connectivity index (χ3n) is 3.92. The molecule has 1 unspecified atom stereocenters. The van der Waals surface area contributed by atoms with E-state index in [0.717, 1.165) is 32.5 Å². The minimum atomic E-state index is -0.0171. The van der Waals surface area contributed by atoms with Crippen molar-refractivity contribution in [3.8, 4) is 6.07 Å². The molecule has 2 heteroatoms. The summed E-state index contributed by atoms with van der Waals surface area (Å²) in [5.74, 6) is 0.584. The fourth-order valence-electron chi connectivity index (χ4n) is 2.82. The molecule has 1 saturated carbocycles. The molecule has 1 atom stereocenters. The van der Waals surface area contributed by atoms with E-state index in [1.165, 1.54) is 0 Å². The van der Waals surface area contributed by atoms with E-state index in [-0.39, 0.29) is 10.8 Å². The van der Waals surface area contributed by atoms with Gasteiger partial charge in [-0.1, -0.05) is 13.8 Å². The summed E-state index contributed by atoms with van der Waals surface area (Å²) in [6.45, 7) is 6.13. The van der Waals surface area contributed by atoms with E-state index < -0.39 is 0 Å². The van der Waals surface area contributed by atoms with Gasteiger partial charge in [-0.05, 0) is 30.6 Å². The van der Waals surface area contributed by atoms with Crippen LogP contribution in [0.4, 0.5) is 0 Å². The van der Waals surface area contributed by atoms with E-state index in [0.29, 0.717) is 5.92 Å². The van der Waals surface area contributed by atoms with Crippen molar-refractivity contribution in [2.45, 2.75) is 33.1 Å². The lowest BCUT2D eigenvalue weighted by atomic mass is 9.79. The lowest BCUT2D eigenvalue weighted by Gasteiger charge is -2.28. The van der Waals surface area contributed by atoms with Crippen molar-refractivity contribution in [2.24, 2.45) is 16.7 Å². The van der Waals surface area contributed by atoms with E-state index in [4.69, 9.17) is 4.74 Å². The fraction of sp³-hybridized carbons (Fsp3) is 0.909. The van der Waals surface area contributed by atoms with Crippen molar-refractivity contribution >= 4 is 0 Å². The van der Waals surface area contributed by atoms with Gasteiger partial charge in [0.2, 0.25) is 0 Å². The first-order valence-electron chi connectivity index (χ1n) is 5.11. The van der Waals surface area contributed by atoms with E-state index >= 15 is 0 Å². The van der Waals surface area contributed by atoms with Crippen LogP contribution in [0.5, 0.6) is 0 Å². The molecule has 0 spiro atoms. The zero-order chi connectivity index (χ0) is 9.53. The molecule has 2 aliphatic rings. The molecule has 13 heavy (non-hydrogen) atoms. The Balaban J connectivity index is 2.11. The van der Waals surface area contributed by atoms with E-state index in [1.807, 2.05) is 0 Å². The van der Waals surface area contributed by atoms with Crippen LogP contribution in [0.2, 0.25) is 0 Å². The van der Waals surface area contributed by atoms with Crippen LogP contribution < -0.4 is 0 Å². The molecule has 0 aromatic carbocycles. The van der Waals surface area contributed by atoms with Gasteiger partial charge in [-0.2, -0.15) is 5.26 Å². The molecule has 0 aromatic rings. The van der Waals surface area contributed by atoms with Crippen LogP contribution in [0.1, 0.15) is 33.1 Å². The topological polar surface area (TPSA) is 33.0 Å². The van der Waals surface area contributed by atoms with Gasteiger partial charge >= 0.3 is 0 Å². The molecular weight excluding hydrogens is 162 g/mol. The summed E-state index contributed by atoms with van der Waals surface area (Å²) in [5.41, 5.74) is 0.237. The minimum Gasteiger partial charge on any atom is -0.381 e. The lowest BCUT2D eigenvalue weighted by molar-refractivity contribution is 0.0447. The normalized spacial score (nSPS) is 38.2. The van der Waals surface area contributed by atoms with Crippen LogP contribution in [0, 0.1) is 28.1 Å². The van der Waals surface area contributed by atoms with Crippen molar-refractivity contribution < 1.29 is 4.74 Å². The van der Waals surface area contributed by atoms with E-state index in [9.17, 15) is 5.26 Å². The van der Waals surface area contributed by atoms with Gasteiger partial charge in [0.25, 0.3) is 0 Å². The highest BCUT2D eigenvalue weighted by Crippen LogP contribution is 2.68. The maximum absolute atomic E-state index is 9.25. The maximum Gasteiger partial charge on any atom is 0.0698 e. The van der Waals surface area contributed by atoms with E-state index in [1.54, 1.807) is 0 Å². The fourth-order valence-corrected chi connectivity index (χ4v) is 2.82. The molecule has 0 bridgehead atoms. The molecule has 0 amide bonds. The van der Waals surface area contributed by atoms with Crippen molar-refractivity contribution in [2.75, 3.05) is 13.2 Å². The lowest BCUT2D eigenvalue weighted by Crippen LogP contribution is -2.26. The van der Waals surface area contributed by atoms with Gasteiger partial charge in [0.1, 0.15) is 0 Å². The summed E-state index contributed by atoms with van der Waals surface area (Å²) >= 11 is 0. The number of rotatable bonds is 1.